The molecule has 1 fully saturated rings. The standard InChI is InChI=1S/C4H7BO/c5-3-1-2-4(3)6/h3-4,6H,1-2H2. The zero-order chi connectivity index (χ0) is 4.57. The lowest BCUT2D eigenvalue weighted by molar-refractivity contribution is 0.0963. The summed E-state index contributed by atoms with van der Waals surface area (Å²) in [5.74, 6) is 0.0880. The second-order valence-electron chi connectivity index (χ2n) is 1.81. The predicted molar refractivity (Wildman–Crippen MR) is 24.7 cm³/mol. The SMILES string of the molecule is [B]C1CCC1O. The van der Waals surface area contributed by atoms with Crippen LogP contribution in [0.5, 0.6) is 0 Å². The predicted octanol–water partition coefficient (Wildman–Crippen LogP) is 0.0981. The van der Waals surface area contributed by atoms with Gasteiger partial charge in [-0.25, -0.2) is 0 Å². The summed E-state index contributed by atoms with van der Waals surface area (Å²) in [6.07, 6.45) is 1.72. The van der Waals surface area contributed by atoms with Crippen LogP contribution in [0.2, 0.25) is 5.82 Å². The minimum absolute atomic E-state index is 0.0880. The first-order valence-corrected chi connectivity index (χ1v) is 2.24. The smallest absolute Gasteiger partial charge is 0.0734 e. The molecule has 32 valence electrons. The maximum atomic E-state index is 8.59. The van der Waals surface area contributed by atoms with Gasteiger partial charge >= 0.3 is 0 Å². The lowest BCUT2D eigenvalue weighted by Gasteiger charge is -2.28. The highest BCUT2D eigenvalue weighted by Gasteiger charge is 2.22. The third-order valence-corrected chi connectivity index (χ3v) is 1.29. The van der Waals surface area contributed by atoms with Crippen molar-refractivity contribution in [1.29, 1.82) is 0 Å². The van der Waals surface area contributed by atoms with Gasteiger partial charge in [0.25, 0.3) is 0 Å². The summed E-state index contributed by atoms with van der Waals surface area (Å²) in [6, 6.07) is 0. The molecule has 2 heteroatoms. The molecule has 1 rings (SSSR count). The van der Waals surface area contributed by atoms with E-state index in [9.17, 15) is 0 Å². The van der Waals surface area contributed by atoms with Crippen molar-refractivity contribution in [3.8, 4) is 0 Å². The van der Waals surface area contributed by atoms with Crippen LogP contribution in [0.3, 0.4) is 0 Å². The van der Waals surface area contributed by atoms with Crippen LogP contribution in [0.1, 0.15) is 12.8 Å². The number of hydrogen-bond donors (Lipinski definition) is 1. The maximum absolute atomic E-state index is 8.59. The highest BCUT2D eigenvalue weighted by Crippen LogP contribution is 2.28. The molecule has 2 unspecified atom stereocenters. The summed E-state index contributed by atoms with van der Waals surface area (Å²) in [7, 11) is 5.27. The zero-order valence-corrected chi connectivity index (χ0v) is 3.59. The summed E-state index contributed by atoms with van der Waals surface area (Å²) in [4.78, 5) is 0. The van der Waals surface area contributed by atoms with Crippen LogP contribution < -0.4 is 0 Å². The molecular weight excluding hydrogens is 74.9 g/mol. The first-order valence-electron chi connectivity index (χ1n) is 2.24. The third-order valence-electron chi connectivity index (χ3n) is 1.29. The number of hydrogen-bond acceptors (Lipinski definition) is 1. The van der Waals surface area contributed by atoms with E-state index in [1.165, 1.54) is 0 Å². The molecule has 2 atom stereocenters. The van der Waals surface area contributed by atoms with Gasteiger partial charge < -0.3 is 5.11 Å². The van der Waals surface area contributed by atoms with Gasteiger partial charge in [0.15, 0.2) is 0 Å². The molecule has 0 heterocycles. The van der Waals surface area contributed by atoms with Crippen molar-refractivity contribution in [3.05, 3.63) is 0 Å². The molecular formula is C4H7BO. The number of aliphatic hydroxyl groups excluding tert-OH is 1. The van der Waals surface area contributed by atoms with Gasteiger partial charge in [-0.15, -0.1) is 0 Å². The van der Waals surface area contributed by atoms with Crippen LogP contribution in [0, 0.1) is 0 Å². The van der Waals surface area contributed by atoms with E-state index >= 15 is 0 Å². The normalized spacial score (nSPS) is 44.8. The minimum atomic E-state index is -0.190. The molecule has 0 bridgehead atoms. The molecule has 0 amide bonds. The molecule has 1 nitrogen and oxygen atoms in total. The van der Waals surface area contributed by atoms with Crippen LogP contribution in [-0.4, -0.2) is 19.1 Å². The molecule has 6 heavy (non-hydrogen) atoms. The fraction of sp³-hybridized carbons (Fsp3) is 1.00. The van der Waals surface area contributed by atoms with E-state index in [4.69, 9.17) is 13.0 Å². The van der Waals surface area contributed by atoms with Gasteiger partial charge in [-0.2, -0.15) is 0 Å². The summed E-state index contributed by atoms with van der Waals surface area (Å²) in [5, 5.41) is 8.59. The van der Waals surface area contributed by atoms with Crippen LogP contribution in [0.15, 0.2) is 0 Å². The van der Waals surface area contributed by atoms with E-state index < -0.39 is 0 Å². The summed E-state index contributed by atoms with van der Waals surface area (Å²) in [6.45, 7) is 0. The quantitative estimate of drug-likeness (QED) is 0.411. The van der Waals surface area contributed by atoms with Crippen LogP contribution >= 0.6 is 0 Å². The fourth-order valence-electron chi connectivity index (χ4n) is 0.508. The Kier molecular flexibility index (Phi) is 0.883. The second kappa shape index (κ2) is 1.26. The van der Waals surface area contributed by atoms with Crippen molar-refractivity contribution >= 4 is 7.85 Å². The Morgan fingerprint density at radius 2 is 2.00 bits per heavy atom. The Morgan fingerprint density at radius 1 is 1.50 bits per heavy atom. The lowest BCUT2D eigenvalue weighted by Crippen LogP contribution is -2.25. The molecule has 1 saturated carbocycles. The number of rotatable bonds is 0. The summed E-state index contributed by atoms with van der Waals surface area (Å²) < 4.78 is 0. The summed E-state index contributed by atoms with van der Waals surface area (Å²) >= 11 is 0. The average Bonchev–Trinajstić information content (AvgIpc) is 1.61. The molecule has 0 aromatic carbocycles. The van der Waals surface area contributed by atoms with Crippen LogP contribution in [-0.2, 0) is 0 Å². The van der Waals surface area contributed by atoms with Gasteiger partial charge in [0.2, 0.25) is 0 Å². The van der Waals surface area contributed by atoms with Gasteiger partial charge in [0, 0.05) is 6.10 Å². The molecule has 0 spiro atoms. The van der Waals surface area contributed by atoms with Crippen molar-refractivity contribution < 1.29 is 5.11 Å². The van der Waals surface area contributed by atoms with Crippen molar-refractivity contribution in [3.63, 3.8) is 0 Å². The van der Waals surface area contributed by atoms with Crippen molar-refractivity contribution in [2.75, 3.05) is 0 Å². The molecule has 0 aromatic heterocycles. The molecule has 1 aliphatic carbocycles. The van der Waals surface area contributed by atoms with E-state index in [-0.39, 0.29) is 11.9 Å². The van der Waals surface area contributed by atoms with E-state index in [1.807, 2.05) is 0 Å². The van der Waals surface area contributed by atoms with Gasteiger partial charge in [-0.05, 0) is 6.42 Å². The fourth-order valence-corrected chi connectivity index (χ4v) is 0.508. The molecule has 1 N–H and O–H groups in total. The monoisotopic (exact) mass is 82.1 g/mol. The van der Waals surface area contributed by atoms with E-state index in [1.54, 1.807) is 0 Å². The maximum Gasteiger partial charge on any atom is 0.0734 e. The van der Waals surface area contributed by atoms with Gasteiger partial charge in [0.05, 0.1) is 7.85 Å². The van der Waals surface area contributed by atoms with E-state index in [2.05, 4.69) is 0 Å². The lowest BCUT2D eigenvalue weighted by atomic mass is 9.68. The first-order chi connectivity index (χ1) is 2.80. The Labute approximate surface area is 38.8 Å². The largest absolute Gasteiger partial charge is 0.394 e. The summed E-state index contributed by atoms with van der Waals surface area (Å²) in [5.41, 5.74) is 0. The molecule has 1 aliphatic rings. The van der Waals surface area contributed by atoms with E-state index in [0.717, 1.165) is 12.8 Å². The van der Waals surface area contributed by atoms with Crippen LogP contribution in [0.25, 0.3) is 0 Å². The molecule has 0 aliphatic heterocycles. The Bertz CT molecular complexity index is 47.5. The van der Waals surface area contributed by atoms with Crippen molar-refractivity contribution in [2.24, 2.45) is 0 Å². The van der Waals surface area contributed by atoms with E-state index in [0.29, 0.717) is 0 Å². The Hall–Kier alpha value is 0.0249. The third kappa shape index (κ3) is 0.452. The highest BCUT2D eigenvalue weighted by molar-refractivity contribution is 6.12. The van der Waals surface area contributed by atoms with Crippen molar-refractivity contribution in [2.45, 2.75) is 24.8 Å². The first kappa shape index (κ1) is 4.19. The topological polar surface area (TPSA) is 20.2 Å². The highest BCUT2D eigenvalue weighted by atomic mass is 16.3. The number of aliphatic hydroxyl groups is 1. The average molecular weight is 81.9 g/mol. The second-order valence-corrected chi connectivity index (χ2v) is 1.81. The molecule has 0 aromatic rings. The molecule has 2 radical (unpaired) electrons. The van der Waals surface area contributed by atoms with Crippen molar-refractivity contribution in [1.82, 2.24) is 0 Å². The van der Waals surface area contributed by atoms with Gasteiger partial charge in [-0.1, -0.05) is 12.2 Å². The zero-order valence-electron chi connectivity index (χ0n) is 3.59. The Morgan fingerprint density at radius 3 is 2.00 bits per heavy atom. The van der Waals surface area contributed by atoms with Gasteiger partial charge in [-0.3, -0.25) is 0 Å². The minimum Gasteiger partial charge on any atom is -0.394 e. The van der Waals surface area contributed by atoms with Crippen LogP contribution in [0.4, 0.5) is 0 Å². The molecule has 0 saturated heterocycles. The van der Waals surface area contributed by atoms with Gasteiger partial charge in [0.1, 0.15) is 0 Å². The Balaban J connectivity index is 2.20.